The number of aromatic hydroxyl groups is 1. The zero-order valence-electron chi connectivity index (χ0n) is 10.5. The van der Waals surface area contributed by atoms with Crippen LogP contribution in [0.2, 0.25) is 0 Å². The Morgan fingerprint density at radius 2 is 2.00 bits per heavy atom. The Balaban J connectivity index is 2.89. The summed E-state index contributed by atoms with van der Waals surface area (Å²) in [6.45, 7) is 1.52. The average molecular weight is 270 g/mol. The van der Waals surface area contributed by atoms with Crippen LogP contribution in [0.5, 0.6) is 5.88 Å². The van der Waals surface area contributed by atoms with Gasteiger partial charge in [0.15, 0.2) is 0 Å². The lowest BCUT2D eigenvalue weighted by Crippen LogP contribution is -2.21. The van der Waals surface area contributed by atoms with Crippen LogP contribution in [0.15, 0.2) is 35.1 Å². The third-order valence-corrected chi connectivity index (χ3v) is 2.88. The number of rotatable bonds is 2. The van der Waals surface area contributed by atoms with E-state index in [1.807, 2.05) is 0 Å². The number of aryl methyl sites for hydroxylation is 1. The van der Waals surface area contributed by atoms with Crippen molar-refractivity contribution >= 4 is 5.97 Å². The van der Waals surface area contributed by atoms with E-state index < -0.39 is 17.4 Å². The first kappa shape index (κ1) is 13.4. The monoisotopic (exact) mass is 270 g/mol. The van der Waals surface area contributed by atoms with Crippen molar-refractivity contribution in [1.82, 2.24) is 4.57 Å². The van der Waals surface area contributed by atoms with E-state index >= 15 is 0 Å². The van der Waals surface area contributed by atoms with Gasteiger partial charge in [0.2, 0.25) is 5.88 Å². The van der Waals surface area contributed by atoms with Gasteiger partial charge in [0.25, 0.3) is 5.56 Å². The van der Waals surface area contributed by atoms with Crippen molar-refractivity contribution in [2.24, 2.45) is 0 Å². The zero-order valence-corrected chi connectivity index (χ0v) is 10.5. The third kappa shape index (κ3) is 2.01. The molecule has 2 rings (SSSR count). The summed E-state index contributed by atoms with van der Waals surface area (Å²) >= 11 is 0. The Morgan fingerprint density at radius 1 is 1.35 bits per heavy atom. The first-order valence-corrected chi connectivity index (χ1v) is 5.65. The van der Waals surface area contributed by atoms with Crippen molar-refractivity contribution in [1.29, 1.82) is 5.26 Å². The summed E-state index contributed by atoms with van der Waals surface area (Å²) in [6.07, 6.45) is 0. The van der Waals surface area contributed by atoms with Crippen LogP contribution in [0.4, 0.5) is 0 Å². The van der Waals surface area contributed by atoms with Gasteiger partial charge in [-0.1, -0.05) is 12.1 Å². The van der Waals surface area contributed by atoms with Crippen LogP contribution in [-0.2, 0) is 0 Å². The van der Waals surface area contributed by atoms with Crippen molar-refractivity contribution in [2.75, 3.05) is 0 Å². The summed E-state index contributed by atoms with van der Waals surface area (Å²) in [6, 6.07) is 8.72. The predicted molar refractivity (Wildman–Crippen MR) is 70.1 cm³/mol. The molecule has 0 radical (unpaired) electrons. The Labute approximate surface area is 113 Å². The van der Waals surface area contributed by atoms with Crippen molar-refractivity contribution in [3.8, 4) is 17.6 Å². The van der Waals surface area contributed by atoms with Gasteiger partial charge >= 0.3 is 5.97 Å². The highest BCUT2D eigenvalue weighted by molar-refractivity contribution is 5.92. The molecule has 1 aromatic carbocycles. The minimum atomic E-state index is -1.23. The van der Waals surface area contributed by atoms with Crippen molar-refractivity contribution < 1.29 is 15.0 Å². The van der Waals surface area contributed by atoms with E-state index in [1.54, 1.807) is 12.1 Å². The van der Waals surface area contributed by atoms with Crippen LogP contribution < -0.4 is 5.56 Å². The summed E-state index contributed by atoms with van der Waals surface area (Å²) in [5, 5.41) is 28.2. The van der Waals surface area contributed by atoms with E-state index in [4.69, 9.17) is 10.4 Å². The number of nitrogens with zero attached hydrogens (tertiary/aromatic N) is 2. The summed E-state index contributed by atoms with van der Waals surface area (Å²) in [5.74, 6) is -1.79. The second-order valence-corrected chi connectivity index (χ2v) is 4.13. The minimum Gasteiger partial charge on any atom is -0.493 e. The van der Waals surface area contributed by atoms with Crippen LogP contribution in [0.25, 0.3) is 5.69 Å². The number of aromatic carboxylic acids is 1. The molecule has 20 heavy (non-hydrogen) atoms. The second-order valence-electron chi connectivity index (χ2n) is 4.13. The highest BCUT2D eigenvalue weighted by Crippen LogP contribution is 2.23. The zero-order chi connectivity index (χ0) is 14.9. The topological polar surface area (TPSA) is 103 Å². The molecule has 0 aliphatic carbocycles. The molecule has 100 valence electrons. The number of hydrogen-bond acceptors (Lipinski definition) is 4. The van der Waals surface area contributed by atoms with Gasteiger partial charge in [-0.3, -0.25) is 4.79 Å². The molecule has 0 fully saturated rings. The number of carboxylic acids is 1. The predicted octanol–water partition coefficient (Wildman–Crippen LogP) is 1.42. The normalized spacial score (nSPS) is 10.0. The van der Waals surface area contributed by atoms with Gasteiger partial charge in [-0.05, 0) is 24.6 Å². The first-order chi connectivity index (χ1) is 9.47. The minimum absolute atomic E-state index is 0.0130. The summed E-state index contributed by atoms with van der Waals surface area (Å²) in [4.78, 5) is 23.2. The van der Waals surface area contributed by atoms with Crippen LogP contribution in [-0.4, -0.2) is 20.7 Å². The van der Waals surface area contributed by atoms with Gasteiger partial charge in [0.1, 0.15) is 11.6 Å². The van der Waals surface area contributed by atoms with Crippen LogP contribution in [0, 0.1) is 18.3 Å². The molecule has 1 heterocycles. The Hall–Kier alpha value is -3.07. The van der Waals surface area contributed by atoms with Gasteiger partial charge in [0, 0.05) is 6.07 Å². The Bertz CT molecular complexity index is 800. The number of hydrogen-bond donors (Lipinski definition) is 2. The highest BCUT2D eigenvalue weighted by atomic mass is 16.4. The molecule has 0 atom stereocenters. The van der Waals surface area contributed by atoms with Crippen LogP contribution in [0.3, 0.4) is 0 Å². The van der Waals surface area contributed by atoms with E-state index in [0.717, 1.165) is 4.57 Å². The molecule has 1 aromatic heterocycles. The lowest BCUT2D eigenvalue weighted by Gasteiger charge is -2.13. The van der Waals surface area contributed by atoms with Crippen LogP contribution >= 0.6 is 0 Å². The molecule has 0 aliphatic rings. The summed E-state index contributed by atoms with van der Waals surface area (Å²) in [5.41, 5.74) is -0.465. The molecule has 2 N–H and O–H groups in total. The molecule has 2 aromatic rings. The molecule has 0 saturated carbocycles. The maximum absolute atomic E-state index is 12.0. The molecular formula is C14H10N2O4. The number of para-hydroxylation sites is 1. The van der Waals surface area contributed by atoms with E-state index in [-0.39, 0.29) is 16.8 Å². The summed E-state index contributed by atoms with van der Waals surface area (Å²) < 4.78 is 0.814. The maximum atomic E-state index is 12.0. The number of carbonyl (C=O) groups is 1. The fourth-order valence-corrected chi connectivity index (χ4v) is 1.93. The fraction of sp³-hybridized carbons (Fsp3) is 0.0714. The number of benzene rings is 1. The first-order valence-electron chi connectivity index (χ1n) is 5.65. The second kappa shape index (κ2) is 4.90. The Kier molecular flexibility index (Phi) is 3.27. The van der Waals surface area contributed by atoms with Gasteiger partial charge in [-0.2, -0.15) is 5.26 Å². The van der Waals surface area contributed by atoms with E-state index in [2.05, 4.69) is 0 Å². The lowest BCUT2D eigenvalue weighted by atomic mass is 10.1. The quantitative estimate of drug-likeness (QED) is 0.858. The highest BCUT2D eigenvalue weighted by Gasteiger charge is 2.18. The molecule has 0 unspecified atom stereocenters. The van der Waals surface area contributed by atoms with Gasteiger partial charge in [0.05, 0.1) is 11.3 Å². The van der Waals surface area contributed by atoms with Gasteiger partial charge in [-0.25, -0.2) is 9.36 Å². The van der Waals surface area contributed by atoms with E-state index in [1.165, 1.54) is 31.2 Å². The molecule has 0 bridgehead atoms. The molecule has 6 nitrogen and oxygen atoms in total. The summed E-state index contributed by atoms with van der Waals surface area (Å²) in [7, 11) is 0. The average Bonchev–Trinajstić information content (AvgIpc) is 2.39. The van der Waals surface area contributed by atoms with Gasteiger partial charge < -0.3 is 10.2 Å². The number of carboxylic acid groups (broad SMARTS) is 1. The van der Waals surface area contributed by atoms with E-state index in [9.17, 15) is 14.7 Å². The molecule has 0 aliphatic heterocycles. The molecule has 0 spiro atoms. The van der Waals surface area contributed by atoms with Crippen molar-refractivity contribution in [3.63, 3.8) is 0 Å². The molecule has 0 saturated heterocycles. The molecule has 0 amide bonds. The molecule has 6 heteroatoms. The fourth-order valence-electron chi connectivity index (χ4n) is 1.93. The number of aromatic nitrogens is 1. The largest absolute Gasteiger partial charge is 0.493 e. The van der Waals surface area contributed by atoms with Crippen molar-refractivity contribution in [3.05, 3.63) is 57.4 Å². The number of nitriles is 1. The standard InChI is InChI=1S/C14H10N2O4/c1-8-6-12(17)16(13(18)10(8)7-15)11-5-3-2-4-9(11)14(19)20/h2-6,18H,1H3,(H,19,20). The SMILES string of the molecule is Cc1cc(=O)n(-c2ccccc2C(=O)O)c(O)c1C#N. The van der Waals surface area contributed by atoms with Crippen LogP contribution in [0.1, 0.15) is 21.5 Å². The van der Waals surface area contributed by atoms with E-state index in [0.29, 0.717) is 5.56 Å². The number of pyridine rings is 1. The smallest absolute Gasteiger partial charge is 0.337 e. The van der Waals surface area contributed by atoms with Crippen molar-refractivity contribution in [2.45, 2.75) is 6.92 Å². The Morgan fingerprint density at radius 3 is 2.60 bits per heavy atom. The lowest BCUT2D eigenvalue weighted by molar-refractivity contribution is 0.0697. The third-order valence-electron chi connectivity index (χ3n) is 2.88. The molecular weight excluding hydrogens is 260 g/mol. The van der Waals surface area contributed by atoms with Gasteiger partial charge in [-0.15, -0.1) is 0 Å². The maximum Gasteiger partial charge on any atom is 0.337 e.